The zero-order chi connectivity index (χ0) is 19.3. The molecule has 0 fully saturated rings. The Kier molecular flexibility index (Phi) is 3.83. The zero-order valence-corrected chi connectivity index (χ0v) is 15.6. The first-order chi connectivity index (χ1) is 13.7. The van der Waals surface area contributed by atoms with Crippen LogP contribution in [0.2, 0.25) is 0 Å². The van der Waals surface area contributed by atoms with Crippen molar-refractivity contribution < 1.29 is 14.6 Å². The van der Waals surface area contributed by atoms with Crippen LogP contribution in [0.1, 0.15) is 34.3 Å². The molecule has 0 unspecified atom stereocenters. The van der Waals surface area contributed by atoms with Gasteiger partial charge in [0.25, 0.3) is 0 Å². The number of carboxylic acid groups (broad SMARTS) is 1. The molecular formula is C23H20N2O3. The zero-order valence-electron chi connectivity index (χ0n) is 15.6. The fraction of sp³-hybridized carbons (Fsp3) is 0.217. The molecule has 4 aromatic rings. The van der Waals surface area contributed by atoms with E-state index < -0.39 is 5.97 Å². The van der Waals surface area contributed by atoms with Gasteiger partial charge in [0, 0.05) is 5.39 Å². The van der Waals surface area contributed by atoms with E-state index in [1.807, 2.05) is 18.3 Å². The first kappa shape index (κ1) is 16.8. The van der Waals surface area contributed by atoms with Crippen molar-refractivity contribution in [2.24, 2.45) is 0 Å². The van der Waals surface area contributed by atoms with Crippen molar-refractivity contribution >= 4 is 27.6 Å². The highest BCUT2D eigenvalue weighted by molar-refractivity contribution is 6.10. The molecule has 0 aliphatic heterocycles. The molecule has 0 bridgehead atoms. The van der Waals surface area contributed by atoms with E-state index in [1.54, 1.807) is 6.07 Å². The number of aromatic nitrogens is 2. The van der Waals surface area contributed by atoms with Gasteiger partial charge in [0.1, 0.15) is 11.3 Å². The molecule has 1 aromatic heterocycles. The lowest BCUT2D eigenvalue weighted by molar-refractivity contribution is 0.0693. The summed E-state index contributed by atoms with van der Waals surface area (Å²) in [5.41, 5.74) is 6.15. The van der Waals surface area contributed by atoms with Crippen LogP contribution in [0.25, 0.3) is 32.8 Å². The molecule has 1 aliphatic rings. The van der Waals surface area contributed by atoms with E-state index in [-0.39, 0.29) is 5.56 Å². The van der Waals surface area contributed by atoms with Crippen LogP contribution in [0.3, 0.4) is 0 Å². The molecule has 0 spiro atoms. The van der Waals surface area contributed by atoms with Crippen LogP contribution in [-0.4, -0.2) is 28.4 Å². The van der Waals surface area contributed by atoms with Gasteiger partial charge < -0.3 is 9.84 Å². The molecule has 5 rings (SSSR count). The number of aromatic amines is 1. The number of benzene rings is 3. The number of hydrogen-bond donors (Lipinski definition) is 2. The summed E-state index contributed by atoms with van der Waals surface area (Å²) in [7, 11) is 1.51. The van der Waals surface area contributed by atoms with Gasteiger partial charge in [0.2, 0.25) is 0 Å². The molecule has 3 aromatic carbocycles. The summed E-state index contributed by atoms with van der Waals surface area (Å²) < 4.78 is 5.35. The smallest absolute Gasteiger partial charge is 0.339 e. The number of fused-ring (bicyclic) bond motifs is 5. The van der Waals surface area contributed by atoms with E-state index >= 15 is 0 Å². The molecule has 0 radical (unpaired) electrons. The quantitative estimate of drug-likeness (QED) is 0.532. The van der Waals surface area contributed by atoms with Gasteiger partial charge in [-0.1, -0.05) is 12.1 Å². The van der Waals surface area contributed by atoms with Crippen molar-refractivity contribution in [2.45, 2.75) is 25.7 Å². The van der Waals surface area contributed by atoms with Gasteiger partial charge in [-0.05, 0) is 83.0 Å². The van der Waals surface area contributed by atoms with Crippen LogP contribution in [-0.2, 0) is 12.8 Å². The van der Waals surface area contributed by atoms with Crippen molar-refractivity contribution in [1.29, 1.82) is 0 Å². The number of nitrogens with one attached hydrogen (secondary N) is 1. The van der Waals surface area contributed by atoms with E-state index in [9.17, 15) is 9.90 Å². The maximum Gasteiger partial charge on any atom is 0.339 e. The number of carboxylic acids is 1. The Hall–Kier alpha value is -3.34. The summed E-state index contributed by atoms with van der Waals surface area (Å²) in [6, 6.07) is 11.8. The number of carbonyl (C=O) groups is 1. The molecule has 0 amide bonds. The fourth-order valence-corrected chi connectivity index (χ4v) is 4.51. The second-order valence-electron chi connectivity index (χ2n) is 7.30. The van der Waals surface area contributed by atoms with Crippen LogP contribution in [0.5, 0.6) is 5.75 Å². The van der Waals surface area contributed by atoms with Gasteiger partial charge in [0.05, 0.1) is 18.8 Å². The SMILES string of the molecule is COc1cc(-c2cc3ccc4[nH]ncc4c3c3c2CCCC3)ccc1C(=O)O. The molecule has 1 heterocycles. The predicted molar refractivity (Wildman–Crippen MR) is 109 cm³/mol. The molecule has 5 nitrogen and oxygen atoms in total. The average molecular weight is 372 g/mol. The highest BCUT2D eigenvalue weighted by Crippen LogP contribution is 2.40. The third-order valence-electron chi connectivity index (χ3n) is 5.79. The number of methoxy groups -OCH3 is 1. The van der Waals surface area contributed by atoms with Crippen molar-refractivity contribution in [3.05, 3.63) is 59.3 Å². The molecule has 1 aliphatic carbocycles. The monoisotopic (exact) mass is 372 g/mol. The lowest BCUT2D eigenvalue weighted by Crippen LogP contribution is -2.06. The summed E-state index contributed by atoms with van der Waals surface area (Å²) in [6.07, 6.45) is 6.33. The number of aryl methyl sites for hydroxylation is 1. The van der Waals surface area contributed by atoms with Crippen molar-refractivity contribution in [3.8, 4) is 16.9 Å². The first-order valence-electron chi connectivity index (χ1n) is 9.49. The van der Waals surface area contributed by atoms with Crippen molar-refractivity contribution in [3.63, 3.8) is 0 Å². The second kappa shape index (κ2) is 6.37. The Morgan fingerprint density at radius 2 is 1.93 bits per heavy atom. The topological polar surface area (TPSA) is 75.2 Å². The minimum absolute atomic E-state index is 0.181. The van der Waals surface area contributed by atoms with E-state index in [0.29, 0.717) is 5.75 Å². The van der Waals surface area contributed by atoms with Gasteiger partial charge in [-0.15, -0.1) is 0 Å². The summed E-state index contributed by atoms with van der Waals surface area (Å²) in [6.45, 7) is 0. The maximum atomic E-state index is 11.4. The molecule has 2 N–H and O–H groups in total. The first-order valence-corrected chi connectivity index (χ1v) is 9.49. The Bertz CT molecular complexity index is 1240. The lowest BCUT2D eigenvalue weighted by atomic mass is 9.81. The number of H-pyrrole nitrogens is 1. The van der Waals surface area contributed by atoms with Gasteiger partial charge in [-0.3, -0.25) is 5.10 Å². The summed E-state index contributed by atoms with van der Waals surface area (Å²) in [5, 5.41) is 20.3. The third kappa shape index (κ3) is 2.47. The van der Waals surface area contributed by atoms with Gasteiger partial charge in [-0.2, -0.15) is 5.10 Å². The fourth-order valence-electron chi connectivity index (χ4n) is 4.51. The Balaban J connectivity index is 1.81. The Labute approximate surface area is 162 Å². The molecule has 0 saturated heterocycles. The molecule has 140 valence electrons. The van der Waals surface area contributed by atoms with E-state index in [4.69, 9.17) is 4.74 Å². The minimum Gasteiger partial charge on any atom is -0.496 e. The maximum absolute atomic E-state index is 11.4. The number of ether oxygens (including phenoxy) is 1. The van der Waals surface area contributed by atoms with Crippen LogP contribution in [0.4, 0.5) is 0 Å². The van der Waals surface area contributed by atoms with Crippen LogP contribution in [0, 0.1) is 0 Å². The summed E-state index contributed by atoms with van der Waals surface area (Å²) in [5.74, 6) is -0.591. The number of rotatable bonds is 3. The third-order valence-corrected chi connectivity index (χ3v) is 5.79. The Morgan fingerprint density at radius 3 is 2.71 bits per heavy atom. The number of aromatic carboxylic acids is 1. The van der Waals surface area contributed by atoms with Crippen LogP contribution >= 0.6 is 0 Å². The molecule has 28 heavy (non-hydrogen) atoms. The summed E-state index contributed by atoms with van der Waals surface area (Å²) >= 11 is 0. The van der Waals surface area contributed by atoms with Gasteiger partial charge >= 0.3 is 5.97 Å². The standard InChI is InChI=1S/C23H20N2O3/c1-28-21-11-13(6-8-17(21)23(26)27)18-10-14-7-9-20-19(12-24-25-20)22(14)16-5-3-2-4-15(16)18/h6-12H,2-5H2,1H3,(H,24,25)(H,26,27). The van der Waals surface area contributed by atoms with E-state index in [2.05, 4.69) is 28.4 Å². The normalized spacial score (nSPS) is 13.6. The summed E-state index contributed by atoms with van der Waals surface area (Å²) in [4.78, 5) is 11.4. The van der Waals surface area contributed by atoms with Crippen LogP contribution < -0.4 is 4.74 Å². The lowest BCUT2D eigenvalue weighted by Gasteiger charge is -2.23. The number of nitrogens with zero attached hydrogens (tertiary/aromatic N) is 1. The molecule has 5 heteroatoms. The van der Waals surface area contributed by atoms with Crippen LogP contribution in [0.15, 0.2) is 42.6 Å². The number of hydrogen-bond acceptors (Lipinski definition) is 3. The van der Waals surface area contributed by atoms with Crippen molar-refractivity contribution in [2.75, 3.05) is 7.11 Å². The Morgan fingerprint density at radius 1 is 1.11 bits per heavy atom. The predicted octanol–water partition coefficient (Wildman–Crippen LogP) is 4.97. The average Bonchev–Trinajstić information content (AvgIpc) is 3.21. The highest BCUT2D eigenvalue weighted by atomic mass is 16.5. The van der Waals surface area contributed by atoms with E-state index in [1.165, 1.54) is 46.4 Å². The minimum atomic E-state index is -0.980. The largest absolute Gasteiger partial charge is 0.496 e. The van der Waals surface area contributed by atoms with E-state index in [0.717, 1.165) is 30.3 Å². The molecular weight excluding hydrogens is 352 g/mol. The second-order valence-corrected chi connectivity index (χ2v) is 7.30. The molecule has 0 atom stereocenters. The van der Waals surface area contributed by atoms with Gasteiger partial charge in [-0.25, -0.2) is 4.79 Å². The highest BCUT2D eigenvalue weighted by Gasteiger charge is 2.21. The molecule has 0 saturated carbocycles. The van der Waals surface area contributed by atoms with Crippen molar-refractivity contribution in [1.82, 2.24) is 10.2 Å². The van der Waals surface area contributed by atoms with Gasteiger partial charge in [0.15, 0.2) is 0 Å².